The highest BCUT2D eigenvalue weighted by Gasteiger charge is 2.27. The molecule has 0 saturated carbocycles. The Morgan fingerprint density at radius 1 is 1.14 bits per heavy atom. The summed E-state index contributed by atoms with van der Waals surface area (Å²) in [5.41, 5.74) is 3.43. The molecule has 0 bridgehead atoms. The Morgan fingerprint density at radius 3 is 2.89 bits per heavy atom. The number of benzene rings is 1. The predicted octanol–water partition coefficient (Wildman–Crippen LogP) is 3.93. The maximum Gasteiger partial charge on any atom is 0.161 e. The van der Waals surface area contributed by atoms with Gasteiger partial charge in [0.15, 0.2) is 11.5 Å². The van der Waals surface area contributed by atoms with Crippen LogP contribution in [-0.4, -0.2) is 48.8 Å². The molecule has 0 spiro atoms. The molecule has 1 unspecified atom stereocenters. The summed E-state index contributed by atoms with van der Waals surface area (Å²) < 4.78 is 16.3. The second kappa shape index (κ2) is 8.63. The summed E-state index contributed by atoms with van der Waals surface area (Å²) >= 11 is 0. The fourth-order valence-corrected chi connectivity index (χ4v) is 3.93. The second-order valence-electron chi connectivity index (χ2n) is 7.12. The van der Waals surface area contributed by atoms with Crippen LogP contribution >= 0.6 is 0 Å². The van der Waals surface area contributed by atoms with Gasteiger partial charge in [0, 0.05) is 30.9 Å². The van der Waals surface area contributed by atoms with Crippen LogP contribution in [0, 0.1) is 0 Å². The number of aromatic amines is 1. The monoisotopic (exact) mass is 381 g/mol. The molecule has 0 amide bonds. The number of pyridine rings is 1. The molecule has 6 heteroatoms. The first-order valence-corrected chi connectivity index (χ1v) is 9.75. The standard InChI is InChI=1S/C22H27N3O3/c1-26-11-12-28-20-8-7-16(13-21(20)27-2)15-25-10-4-6-19(25)18-14-17-5-3-9-23-22(17)24-18/h3,5,7-9,13-14,19H,4,6,10-12,15H2,1-2H3,(H,23,24). The number of rotatable bonds is 8. The molecule has 1 N–H and O–H groups in total. The van der Waals surface area contributed by atoms with E-state index in [2.05, 4.69) is 39.1 Å². The normalized spacial score (nSPS) is 17.3. The van der Waals surface area contributed by atoms with Crippen molar-refractivity contribution >= 4 is 11.0 Å². The van der Waals surface area contributed by atoms with E-state index >= 15 is 0 Å². The van der Waals surface area contributed by atoms with Gasteiger partial charge < -0.3 is 19.2 Å². The van der Waals surface area contributed by atoms with Crippen LogP contribution in [0.3, 0.4) is 0 Å². The summed E-state index contributed by atoms with van der Waals surface area (Å²) in [6, 6.07) is 12.9. The number of fused-ring (bicyclic) bond motifs is 1. The maximum atomic E-state index is 5.74. The van der Waals surface area contributed by atoms with Gasteiger partial charge in [-0.2, -0.15) is 0 Å². The zero-order chi connectivity index (χ0) is 19.3. The second-order valence-corrected chi connectivity index (χ2v) is 7.12. The zero-order valence-electron chi connectivity index (χ0n) is 16.5. The lowest BCUT2D eigenvalue weighted by molar-refractivity contribution is 0.144. The van der Waals surface area contributed by atoms with Crippen molar-refractivity contribution in [1.29, 1.82) is 0 Å². The van der Waals surface area contributed by atoms with Gasteiger partial charge >= 0.3 is 0 Å². The lowest BCUT2D eigenvalue weighted by Crippen LogP contribution is -2.23. The van der Waals surface area contributed by atoms with Crippen LogP contribution in [0.2, 0.25) is 0 Å². The molecular formula is C22H27N3O3. The van der Waals surface area contributed by atoms with Crippen LogP contribution in [0.25, 0.3) is 11.0 Å². The van der Waals surface area contributed by atoms with E-state index < -0.39 is 0 Å². The van der Waals surface area contributed by atoms with E-state index in [4.69, 9.17) is 14.2 Å². The number of methoxy groups -OCH3 is 2. The molecule has 1 fully saturated rings. The smallest absolute Gasteiger partial charge is 0.161 e. The fraction of sp³-hybridized carbons (Fsp3) is 0.409. The molecule has 1 saturated heterocycles. The van der Waals surface area contributed by atoms with E-state index in [0.29, 0.717) is 19.3 Å². The van der Waals surface area contributed by atoms with E-state index in [1.54, 1.807) is 14.2 Å². The Bertz CT molecular complexity index is 891. The molecule has 0 aliphatic carbocycles. The van der Waals surface area contributed by atoms with Crippen LogP contribution in [0.1, 0.15) is 30.1 Å². The number of ether oxygens (including phenoxy) is 3. The fourth-order valence-electron chi connectivity index (χ4n) is 3.93. The molecule has 148 valence electrons. The minimum absolute atomic E-state index is 0.387. The molecular weight excluding hydrogens is 354 g/mol. The van der Waals surface area contributed by atoms with E-state index in [0.717, 1.165) is 36.7 Å². The van der Waals surface area contributed by atoms with E-state index in [1.807, 2.05) is 18.3 Å². The SMILES string of the molecule is COCCOc1ccc(CN2CCCC2c2cc3cccnc3[nH]2)cc1OC. The highest BCUT2D eigenvalue weighted by atomic mass is 16.5. The van der Waals surface area contributed by atoms with Crippen molar-refractivity contribution in [3.8, 4) is 11.5 Å². The molecule has 1 aromatic carbocycles. The summed E-state index contributed by atoms with van der Waals surface area (Å²) in [5, 5.41) is 1.17. The number of H-pyrrole nitrogens is 1. The lowest BCUT2D eigenvalue weighted by atomic mass is 10.1. The van der Waals surface area contributed by atoms with Crippen LogP contribution in [-0.2, 0) is 11.3 Å². The quantitative estimate of drug-likeness (QED) is 0.599. The van der Waals surface area contributed by atoms with E-state index in [-0.39, 0.29) is 0 Å². The number of likely N-dealkylation sites (tertiary alicyclic amines) is 1. The van der Waals surface area contributed by atoms with Crippen LogP contribution in [0.15, 0.2) is 42.6 Å². The number of hydrogen-bond acceptors (Lipinski definition) is 5. The minimum atomic E-state index is 0.387. The topological polar surface area (TPSA) is 59.6 Å². The molecule has 1 aliphatic rings. The van der Waals surface area contributed by atoms with Crippen molar-refractivity contribution in [3.05, 3.63) is 53.9 Å². The number of nitrogens with one attached hydrogen (secondary N) is 1. The van der Waals surface area contributed by atoms with Crippen LogP contribution in [0.4, 0.5) is 0 Å². The van der Waals surface area contributed by atoms with Gasteiger partial charge in [-0.1, -0.05) is 6.07 Å². The third-order valence-corrected chi connectivity index (χ3v) is 5.29. The Hall–Kier alpha value is -2.57. The highest BCUT2D eigenvalue weighted by molar-refractivity contribution is 5.76. The summed E-state index contributed by atoms with van der Waals surface area (Å²) in [6.07, 6.45) is 4.18. The van der Waals surface area contributed by atoms with Gasteiger partial charge in [0.2, 0.25) is 0 Å². The Kier molecular flexibility index (Phi) is 5.78. The van der Waals surface area contributed by atoms with Crippen molar-refractivity contribution < 1.29 is 14.2 Å². The van der Waals surface area contributed by atoms with Gasteiger partial charge in [0.1, 0.15) is 12.3 Å². The minimum Gasteiger partial charge on any atom is -0.493 e. The van der Waals surface area contributed by atoms with Crippen molar-refractivity contribution in [3.63, 3.8) is 0 Å². The van der Waals surface area contributed by atoms with Crippen molar-refractivity contribution in [1.82, 2.24) is 14.9 Å². The third-order valence-electron chi connectivity index (χ3n) is 5.29. The van der Waals surface area contributed by atoms with Crippen molar-refractivity contribution in [2.75, 3.05) is 34.0 Å². The van der Waals surface area contributed by atoms with Crippen LogP contribution in [0.5, 0.6) is 11.5 Å². The molecule has 6 nitrogen and oxygen atoms in total. The molecule has 4 rings (SSSR count). The Balaban J connectivity index is 1.49. The summed E-state index contributed by atoms with van der Waals surface area (Å²) in [4.78, 5) is 10.5. The molecule has 1 atom stereocenters. The van der Waals surface area contributed by atoms with Crippen molar-refractivity contribution in [2.24, 2.45) is 0 Å². The Labute approximate surface area is 165 Å². The van der Waals surface area contributed by atoms with Gasteiger partial charge in [-0.3, -0.25) is 4.90 Å². The van der Waals surface area contributed by atoms with Gasteiger partial charge in [0.25, 0.3) is 0 Å². The first-order valence-electron chi connectivity index (χ1n) is 9.75. The molecule has 0 radical (unpaired) electrons. The maximum absolute atomic E-state index is 5.74. The van der Waals surface area contributed by atoms with E-state index in [9.17, 15) is 0 Å². The Morgan fingerprint density at radius 2 is 2.07 bits per heavy atom. The summed E-state index contributed by atoms with van der Waals surface area (Å²) in [7, 11) is 3.35. The average molecular weight is 381 g/mol. The molecule has 3 heterocycles. The lowest BCUT2D eigenvalue weighted by Gasteiger charge is -2.24. The summed E-state index contributed by atoms with van der Waals surface area (Å²) in [5.74, 6) is 1.52. The van der Waals surface area contributed by atoms with Gasteiger partial charge in [-0.25, -0.2) is 4.98 Å². The number of hydrogen-bond donors (Lipinski definition) is 1. The molecule has 3 aromatic rings. The first kappa shape index (κ1) is 18.8. The number of nitrogens with zero attached hydrogens (tertiary/aromatic N) is 2. The first-order chi connectivity index (χ1) is 13.8. The van der Waals surface area contributed by atoms with Gasteiger partial charge in [-0.05, 0) is 55.3 Å². The van der Waals surface area contributed by atoms with E-state index in [1.165, 1.54) is 23.1 Å². The predicted molar refractivity (Wildman–Crippen MR) is 109 cm³/mol. The largest absolute Gasteiger partial charge is 0.493 e. The molecule has 28 heavy (non-hydrogen) atoms. The molecule has 1 aliphatic heterocycles. The third kappa shape index (κ3) is 3.98. The molecule has 2 aromatic heterocycles. The number of aromatic nitrogens is 2. The zero-order valence-corrected chi connectivity index (χ0v) is 16.5. The highest BCUT2D eigenvalue weighted by Crippen LogP contribution is 2.35. The van der Waals surface area contributed by atoms with Gasteiger partial charge in [-0.15, -0.1) is 0 Å². The summed E-state index contributed by atoms with van der Waals surface area (Å²) in [6.45, 7) is 3.03. The van der Waals surface area contributed by atoms with Gasteiger partial charge in [0.05, 0.1) is 19.8 Å². The van der Waals surface area contributed by atoms with Crippen LogP contribution < -0.4 is 9.47 Å². The average Bonchev–Trinajstić information content (AvgIpc) is 3.35. The van der Waals surface area contributed by atoms with Crippen molar-refractivity contribution in [2.45, 2.75) is 25.4 Å².